The first-order valence-electron chi connectivity index (χ1n) is 10.6. The van der Waals surface area contributed by atoms with Gasteiger partial charge in [-0.1, -0.05) is 65.0 Å². The molecule has 144 valence electrons. The predicted molar refractivity (Wildman–Crippen MR) is 116 cm³/mol. The molecule has 2 aliphatic carbocycles. The summed E-state index contributed by atoms with van der Waals surface area (Å²) in [7, 11) is 0. The van der Waals surface area contributed by atoms with Crippen LogP contribution in [0, 0.1) is 10.8 Å². The largest absolute Gasteiger partial charge is 0.399 e. The molecule has 0 heterocycles. The fourth-order valence-corrected chi connectivity index (χ4v) is 5.96. The number of hydrogen-bond donors (Lipinski definition) is 1. The van der Waals surface area contributed by atoms with Crippen molar-refractivity contribution in [3.05, 3.63) is 64.7 Å². The van der Waals surface area contributed by atoms with E-state index in [0.29, 0.717) is 23.2 Å². The average Bonchev–Trinajstić information content (AvgIpc) is 3.16. The molecule has 2 aromatic carbocycles. The first kappa shape index (κ1) is 18.6. The third-order valence-electron chi connectivity index (χ3n) is 7.34. The minimum atomic E-state index is 0.279. The highest BCUT2D eigenvalue weighted by Gasteiger charge is 2.42. The zero-order chi connectivity index (χ0) is 19.4. The van der Waals surface area contributed by atoms with Crippen LogP contribution in [-0.4, -0.2) is 0 Å². The highest BCUT2D eigenvalue weighted by molar-refractivity contribution is 5.50. The molecule has 3 atom stereocenters. The minimum Gasteiger partial charge on any atom is -0.399 e. The SMILES string of the molecule is CC(C)(C)C1CC(CC(C)(C)C2CCc3ccccc32)c2ccc(N)cc21. The molecule has 2 aromatic rings. The fraction of sp³-hybridized carbons (Fsp3) is 0.538. The highest BCUT2D eigenvalue weighted by Crippen LogP contribution is 2.56. The third kappa shape index (κ3) is 3.30. The van der Waals surface area contributed by atoms with Crippen LogP contribution in [0.5, 0.6) is 0 Å². The van der Waals surface area contributed by atoms with E-state index < -0.39 is 0 Å². The van der Waals surface area contributed by atoms with Crippen molar-refractivity contribution in [2.75, 3.05) is 5.73 Å². The summed E-state index contributed by atoms with van der Waals surface area (Å²) in [6.45, 7) is 12.1. The molecule has 2 aliphatic rings. The summed E-state index contributed by atoms with van der Waals surface area (Å²) in [6, 6.07) is 15.8. The zero-order valence-electron chi connectivity index (χ0n) is 17.7. The minimum absolute atomic E-state index is 0.279. The lowest BCUT2D eigenvalue weighted by Gasteiger charge is -2.36. The zero-order valence-corrected chi connectivity index (χ0v) is 17.7. The van der Waals surface area contributed by atoms with Gasteiger partial charge in [-0.25, -0.2) is 0 Å². The molecular formula is C26H35N. The molecule has 0 amide bonds. The number of aryl methyl sites for hydroxylation is 1. The van der Waals surface area contributed by atoms with Gasteiger partial charge in [0.05, 0.1) is 0 Å². The molecule has 0 fully saturated rings. The Morgan fingerprint density at radius 3 is 2.37 bits per heavy atom. The van der Waals surface area contributed by atoms with E-state index in [2.05, 4.69) is 77.1 Å². The van der Waals surface area contributed by atoms with Crippen molar-refractivity contribution in [3.63, 3.8) is 0 Å². The van der Waals surface area contributed by atoms with Gasteiger partial charge >= 0.3 is 0 Å². The predicted octanol–water partition coefficient (Wildman–Crippen LogP) is 7.03. The lowest BCUT2D eigenvalue weighted by atomic mass is 9.69. The summed E-state index contributed by atoms with van der Waals surface area (Å²) >= 11 is 0. The van der Waals surface area contributed by atoms with Crippen molar-refractivity contribution < 1.29 is 0 Å². The van der Waals surface area contributed by atoms with Gasteiger partial charge in [-0.2, -0.15) is 0 Å². The Hall–Kier alpha value is -1.76. The van der Waals surface area contributed by atoms with E-state index in [1.54, 1.807) is 16.7 Å². The molecule has 0 aliphatic heterocycles. The monoisotopic (exact) mass is 361 g/mol. The summed E-state index contributed by atoms with van der Waals surface area (Å²) in [6.07, 6.45) is 5.07. The second-order valence-electron chi connectivity index (χ2n) is 10.7. The van der Waals surface area contributed by atoms with E-state index in [1.165, 1.54) is 31.2 Å². The van der Waals surface area contributed by atoms with Crippen LogP contribution in [0.1, 0.15) is 93.9 Å². The number of fused-ring (bicyclic) bond motifs is 2. The standard InChI is InChI=1S/C26H35N/c1-25(2,3)24-14-18(20-12-11-19(27)15-22(20)24)16-26(4,5)23-13-10-17-8-6-7-9-21(17)23/h6-9,11-12,15,18,23-24H,10,13-14,16,27H2,1-5H3. The fourth-order valence-electron chi connectivity index (χ4n) is 5.96. The van der Waals surface area contributed by atoms with Gasteiger partial charge in [0.1, 0.15) is 0 Å². The molecule has 1 heteroatoms. The van der Waals surface area contributed by atoms with Crippen molar-refractivity contribution in [3.8, 4) is 0 Å². The smallest absolute Gasteiger partial charge is 0.0317 e. The van der Waals surface area contributed by atoms with Crippen LogP contribution in [0.3, 0.4) is 0 Å². The van der Waals surface area contributed by atoms with Crippen LogP contribution in [-0.2, 0) is 6.42 Å². The Kier molecular flexibility index (Phi) is 4.41. The molecule has 3 unspecified atom stereocenters. The maximum atomic E-state index is 6.16. The second kappa shape index (κ2) is 6.40. The Morgan fingerprint density at radius 1 is 0.889 bits per heavy atom. The first-order valence-corrected chi connectivity index (χ1v) is 10.6. The number of anilines is 1. The maximum Gasteiger partial charge on any atom is 0.0317 e. The number of hydrogen-bond acceptors (Lipinski definition) is 1. The summed E-state index contributed by atoms with van der Waals surface area (Å²) in [5.41, 5.74) is 13.9. The van der Waals surface area contributed by atoms with Crippen molar-refractivity contribution in [2.45, 2.75) is 78.1 Å². The van der Waals surface area contributed by atoms with E-state index in [-0.39, 0.29) is 5.41 Å². The van der Waals surface area contributed by atoms with Crippen molar-refractivity contribution in [1.82, 2.24) is 0 Å². The normalized spacial score (nSPS) is 24.7. The molecule has 0 bridgehead atoms. The molecule has 0 saturated carbocycles. The number of nitrogen functional groups attached to an aromatic ring is 1. The van der Waals surface area contributed by atoms with E-state index in [0.717, 1.165) is 5.69 Å². The summed E-state index contributed by atoms with van der Waals surface area (Å²) in [5.74, 6) is 1.93. The van der Waals surface area contributed by atoms with Gasteiger partial charge in [-0.15, -0.1) is 0 Å². The Morgan fingerprint density at radius 2 is 1.63 bits per heavy atom. The van der Waals surface area contributed by atoms with Crippen LogP contribution in [0.25, 0.3) is 0 Å². The number of benzene rings is 2. The Balaban J connectivity index is 1.63. The van der Waals surface area contributed by atoms with Gasteiger partial charge < -0.3 is 5.73 Å². The number of rotatable bonds is 3. The van der Waals surface area contributed by atoms with Gasteiger partial charge in [-0.05, 0) is 88.7 Å². The van der Waals surface area contributed by atoms with Gasteiger partial charge in [0.2, 0.25) is 0 Å². The van der Waals surface area contributed by atoms with Gasteiger partial charge in [-0.3, -0.25) is 0 Å². The summed E-state index contributed by atoms with van der Waals surface area (Å²) < 4.78 is 0. The lowest BCUT2D eigenvalue weighted by molar-refractivity contribution is 0.224. The molecule has 0 spiro atoms. The van der Waals surface area contributed by atoms with Crippen LogP contribution in [0.4, 0.5) is 5.69 Å². The molecule has 0 aromatic heterocycles. The van der Waals surface area contributed by atoms with Gasteiger partial charge in [0, 0.05) is 5.69 Å². The van der Waals surface area contributed by atoms with Crippen LogP contribution in [0.15, 0.2) is 42.5 Å². The molecule has 2 N–H and O–H groups in total. The molecule has 1 nitrogen and oxygen atoms in total. The topological polar surface area (TPSA) is 26.0 Å². The maximum absolute atomic E-state index is 6.16. The van der Waals surface area contributed by atoms with Crippen molar-refractivity contribution in [1.29, 1.82) is 0 Å². The molecule has 0 saturated heterocycles. The molecule has 0 radical (unpaired) electrons. The summed E-state index contributed by atoms with van der Waals surface area (Å²) in [4.78, 5) is 0. The third-order valence-corrected chi connectivity index (χ3v) is 7.34. The van der Waals surface area contributed by atoms with Gasteiger partial charge in [0.25, 0.3) is 0 Å². The van der Waals surface area contributed by atoms with Crippen LogP contribution < -0.4 is 5.73 Å². The molecular weight excluding hydrogens is 326 g/mol. The van der Waals surface area contributed by atoms with Crippen molar-refractivity contribution >= 4 is 5.69 Å². The second-order valence-corrected chi connectivity index (χ2v) is 10.7. The summed E-state index contributed by atoms with van der Waals surface area (Å²) in [5, 5.41) is 0. The highest BCUT2D eigenvalue weighted by atomic mass is 14.6. The average molecular weight is 362 g/mol. The van der Waals surface area contributed by atoms with Crippen LogP contribution in [0.2, 0.25) is 0 Å². The van der Waals surface area contributed by atoms with E-state index in [4.69, 9.17) is 5.73 Å². The van der Waals surface area contributed by atoms with E-state index >= 15 is 0 Å². The van der Waals surface area contributed by atoms with Gasteiger partial charge in [0.15, 0.2) is 0 Å². The van der Waals surface area contributed by atoms with Crippen molar-refractivity contribution in [2.24, 2.45) is 10.8 Å². The quantitative estimate of drug-likeness (QED) is 0.583. The first-order chi connectivity index (χ1) is 12.7. The lowest BCUT2D eigenvalue weighted by Crippen LogP contribution is -2.23. The number of nitrogens with two attached hydrogens (primary N) is 1. The van der Waals surface area contributed by atoms with Crippen LogP contribution >= 0.6 is 0 Å². The van der Waals surface area contributed by atoms with E-state index in [9.17, 15) is 0 Å². The Labute approximate surface area is 165 Å². The van der Waals surface area contributed by atoms with E-state index in [1.807, 2.05) is 0 Å². The Bertz CT molecular complexity index is 840. The molecule has 4 rings (SSSR count). The molecule has 27 heavy (non-hydrogen) atoms.